The van der Waals surface area contributed by atoms with E-state index in [-0.39, 0.29) is 11.8 Å². The quantitative estimate of drug-likeness (QED) is 0.431. The van der Waals surface area contributed by atoms with Gasteiger partial charge in [-0.3, -0.25) is 9.36 Å². The van der Waals surface area contributed by atoms with Gasteiger partial charge in [0.25, 0.3) is 0 Å². The monoisotopic (exact) mass is 383 g/mol. The minimum atomic E-state index is -1.12. The Morgan fingerprint density at radius 2 is 2.19 bits per heavy atom. The van der Waals surface area contributed by atoms with Gasteiger partial charge in [-0.25, -0.2) is 15.0 Å². The van der Waals surface area contributed by atoms with Crippen molar-refractivity contribution >= 4 is 34.7 Å². The molecule has 0 bridgehead atoms. The lowest BCUT2D eigenvalue weighted by Gasteiger charge is -2.16. The molecule has 11 heteroatoms. The number of aromatic nitrogens is 4. The van der Waals surface area contributed by atoms with Crippen molar-refractivity contribution in [3.63, 3.8) is 0 Å². The molecule has 0 saturated carbocycles. The second-order valence-electron chi connectivity index (χ2n) is 5.88. The lowest BCUT2D eigenvalue weighted by atomic mass is 10.1. The molecule has 142 valence electrons. The van der Waals surface area contributed by atoms with E-state index >= 15 is 0 Å². The second kappa shape index (κ2) is 8.16. The summed E-state index contributed by atoms with van der Waals surface area (Å²) in [5, 5.41) is 20.6. The van der Waals surface area contributed by atoms with Gasteiger partial charge in [-0.15, -0.1) is 0 Å². The number of imidazole rings is 1. The number of aliphatic hydroxyl groups is 2. The van der Waals surface area contributed by atoms with Crippen LogP contribution in [-0.4, -0.2) is 72.6 Å². The van der Waals surface area contributed by atoms with Gasteiger partial charge in [0.05, 0.1) is 19.5 Å². The zero-order chi connectivity index (χ0) is 18.7. The van der Waals surface area contributed by atoms with Crippen LogP contribution in [0, 0.1) is 0 Å². The largest absolute Gasteiger partial charge is 0.469 e. The zero-order valence-electron chi connectivity index (χ0n) is 14.2. The number of nitrogen functional groups attached to an aromatic ring is 1. The van der Waals surface area contributed by atoms with Crippen LogP contribution in [0.5, 0.6) is 0 Å². The highest BCUT2D eigenvalue weighted by Gasteiger charge is 2.44. The number of esters is 1. The van der Waals surface area contributed by atoms with E-state index in [1.54, 1.807) is 4.57 Å². The van der Waals surface area contributed by atoms with Gasteiger partial charge in [0.2, 0.25) is 0 Å². The number of nitrogens with zero attached hydrogens (tertiary/aromatic N) is 4. The van der Waals surface area contributed by atoms with Gasteiger partial charge < -0.3 is 25.4 Å². The lowest BCUT2D eigenvalue weighted by Crippen LogP contribution is -2.32. The third-order valence-electron chi connectivity index (χ3n) is 4.18. The fraction of sp³-hybridized carbons (Fsp3) is 0.600. The maximum Gasteiger partial charge on any atom is 0.305 e. The molecule has 0 unspecified atom stereocenters. The van der Waals surface area contributed by atoms with Gasteiger partial charge in [-0.2, -0.15) is 11.8 Å². The lowest BCUT2D eigenvalue weighted by molar-refractivity contribution is -0.140. The van der Waals surface area contributed by atoms with E-state index < -0.39 is 24.5 Å². The van der Waals surface area contributed by atoms with Crippen molar-refractivity contribution in [1.29, 1.82) is 0 Å². The number of anilines is 1. The smallest absolute Gasteiger partial charge is 0.305 e. The van der Waals surface area contributed by atoms with Gasteiger partial charge in [-0.05, 0) is 12.2 Å². The standard InChI is InChI=1S/C15H21N5O5S/c1-24-9(21)3-2-4-26-5-8-11(22)12(23)15(25-8)20-7-19-10-13(16)17-6-18-14(10)20/h6-8,11-12,15,22-23H,2-5H2,1H3,(H2,16,17,18)/t8-,11-,12-,15-/m1/s1. The summed E-state index contributed by atoms with van der Waals surface area (Å²) in [6.45, 7) is 0. The molecule has 0 radical (unpaired) electrons. The molecule has 0 aromatic carbocycles. The van der Waals surface area contributed by atoms with Crippen LogP contribution in [0.25, 0.3) is 11.2 Å². The number of methoxy groups -OCH3 is 1. The average Bonchev–Trinajstić information content (AvgIpc) is 3.18. The summed E-state index contributed by atoms with van der Waals surface area (Å²) in [7, 11) is 1.36. The first kappa shape index (κ1) is 18.8. The molecule has 0 spiro atoms. The van der Waals surface area contributed by atoms with Crippen molar-refractivity contribution in [3.05, 3.63) is 12.7 Å². The molecular formula is C15H21N5O5S. The third-order valence-corrected chi connectivity index (χ3v) is 5.32. The Hall–Kier alpha value is -1.95. The van der Waals surface area contributed by atoms with Crippen molar-refractivity contribution in [2.75, 3.05) is 24.3 Å². The molecule has 10 nitrogen and oxygen atoms in total. The summed E-state index contributed by atoms with van der Waals surface area (Å²) in [6.07, 6.45) is 0.276. The van der Waals surface area contributed by atoms with Crippen LogP contribution in [0.1, 0.15) is 19.1 Å². The van der Waals surface area contributed by atoms with E-state index in [0.717, 1.165) is 5.75 Å². The van der Waals surface area contributed by atoms with Crippen molar-refractivity contribution in [2.24, 2.45) is 0 Å². The van der Waals surface area contributed by atoms with E-state index in [4.69, 9.17) is 10.5 Å². The molecule has 1 fully saturated rings. The molecule has 4 N–H and O–H groups in total. The number of nitrogens with two attached hydrogens (primary N) is 1. The summed E-state index contributed by atoms with van der Waals surface area (Å²) >= 11 is 1.54. The SMILES string of the molecule is COC(=O)CCCSC[C@H]1O[C@@H](n2cnc3c(N)ncnc32)[C@H](O)[C@@H]1O. The highest BCUT2D eigenvalue weighted by atomic mass is 32.2. The summed E-state index contributed by atoms with van der Waals surface area (Å²) in [5.74, 6) is 1.20. The fourth-order valence-electron chi connectivity index (χ4n) is 2.77. The van der Waals surface area contributed by atoms with Gasteiger partial charge in [0, 0.05) is 12.2 Å². The van der Waals surface area contributed by atoms with Crippen LogP contribution in [-0.2, 0) is 14.3 Å². The maximum atomic E-state index is 11.1. The topological polar surface area (TPSA) is 146 Å². The molecule has 1 aliphatic heterocycles. The van der Waals surface area contributed by atoms with Crippen LogP contribution in [0.4, 0.5) is 5.82 Å². The molecule has 2 aromatic rings. The maximum absolute atomic E-state index is 11.1. The first-order valence-electron chi connectivity index (χ1n) is 8.12. The average molecular weight is 383 g/mol. The molecule has 4 atom stereocenters. The summed E-state index contributed by atoms with van der Waals surface area (Å²) < 4.78 is 12.0. The number of thioether (sulfide) groups is 1. The van der Waals surface area contributed by atoms with E-state index in [2.05, 4.69) is 19.7 Å². The molecule has 1 saturated heterocycles. The number of ether oxygens (including phenoxy) is 2. The van der Waals surface area contributed by atoms with Gasteiger partial charge >= 0.3 is 5.97 Å². The summed E-state index contributed by atoms with van der Waals surface area (Å²) in [5.41, 5.74) is 6.61. The van der Waals surface area contributed by atoms with E-state index in [1.807, 2.05) is 0 Å². The molecule has 3 rings (SSSR count). The summed E-state index contributed by atoms with van der Waals surface area (Å²) in [6, 6.07) is 0. The van der Waals surface area contributed by atoms with Crippen molar-refractivity contribution in [1.82, 2.24) is 19.5 Å². The predicted molar refractivity (Wildman–Crippen MR) is 94.2 cm³/mol. The molecular weight excluding hydrogens is 362 g/mol. The molecule has 3 heterocycles. The predicted octanol–water partition coefficient (Wildman–Crippen LogP) is -0.286. The third kappa shape index (κ3) is 3.75. The minimum absolute atomic E-state index is 0.236. The molecule has 26 heavy (non-hydrogen) atoms. The highest BCUT2D eigenvalue weighted by Crippen LogP contribution is 2.33. The van der Waals surface area contributed by atoms with E-state index in [0.29, 0.717) is 29.8 Å². The molecule has 0 amide bonds. The summed E-state index contributed by atoms with van der Waals surface area (Å²) in [4.78, 5) is 23.2. The van der Waals surface area contributed by atoms with Crippen LogP contribution >= 0.6 is 11.8 Å². The van der Waals surface area contributed by atoms with Crippen LogP contribution in [0.15, 0.2) is 12.7 Å². The minimum Gasteiger partial charge on any atom is -0.469 e. The van der Waals surface area contributed by atoms with E-state index in [9.17, 15) is 15.0 Å². The normalized spacial score (nSPS) is 25.7. The highest BCUT2D eigenvalue weighted by molar-refractivity contribution is 7.99. The number of carbonyl (C=O) groups excluding carboxylic acids is 1. The Labute approximate surface area is 153 Å². The van der Waals surface area contributed by atoms with Gasteiger partial charge in [0.1, 0.15) is 24.1 Å². The Kier molecular flexibility index (Phi) is 5.91. The van der Waals surface area contributed by atoms with Crippen LogP contribution in [0.2, 0.25) is 0 Å². The Balaban J connectivity index is 1.60. The van der Waals surface area contributed by atoms with Crippen molar-refractivity contribution in [2.45, 2.75) is 37.4 Å². The van der Waals surface area contributed by atoms with Crippen molar-refractivity contribution in [3.8, 4) is 0 Å². The number of rotatable bonds is 7. The van der Waals surface area contributed by atoms with Crippen molar-refractivity contribution < 1.29 is 24.5 Å². The van der Waals surface area contributed by atoms with Gasteiger partial charge in [-0.1, -0.05) is 0 Å². The van der Waals surface area contributed by atoms with Crippen LogP contribution in [0.3, 0.4) is 0 Å². The number of hydrogen-bond acceptors (Lipinski definition) is 10. The van der Waals surface area contributed by atoms with Crippen LogP contribution < -0.4 is 5.73 Å². The second-order valence-corrected chi connectivity index (χ2v) is 7.03. The van der Waals surface area contributed by atoms with Gasteiger partial charge in [0.15, 0.2) is 17.7 Å². The molecule has 2 aromatic heterocycles. The number of aliphatic hydroxyl groups excluding tert-OH is 2. The fourth-order valence-corrected chi connectivity index (χ4v) is 3.80. The Morgan fingerprint density at radius 3 is 2.96 bits per heavy atom. The molecule has 0 aliphatic carbocycles. The molecule has 1 aliphatic rings. The first-order valence-corrected chi connectivity index (χ1v) is 9.27. The first-order chi connectivity index (χ1) is 12.5. The van der Waals surface area contributed by atoms with E-state index in [1.165, 1.54) is 31.5 Å². The Morgan fingerprint density at radius 1 is 1.38 bits per heavy atom. The zero-order valence-corrected chi connectivity index (χ0v) is 15.0. The number of hydrogen-bond donors (Lipinski definition) is 3. The Bertz CT molecular complexity index is 772. The number of fused-ring (bicyclic) bond motifs is 1. The number of carbonyl (C=O) groups is 1.